The lowest BCUT2D eigenvalue weighted by molar-refractivity contribution is -0.122. The van der Waals surface area contributed by atoms with Gasteiger partial charge in [-0.25, -0.2) is 4.98 Å². The zero-order chi connectivity index (χ0) is 15.7. The van der Waals surface area contributed by atoms with E-state index in [9.17, 15) is 9.59 Å². The van der Waals surface area contributed by atoms with Gasteiger partial charge in [-0.15, -0.1) is 11.3 Å². The number of nitrogens with one attached hydrogen (secondary N) is 1. The van der Waals surface area contributed by atoms with Gasteiger partial charge in [0.15, 0.2) is 5.13 Å². The molecule has 0 radical (unpaired) electrons. The van der Waals surface area contributed by atoms with Crippen molar-refractivity contribution in [1.29, 1.82) is 0 Å². The number of carbonyl (C=O) groups excluding carboxylic acids is 2. The maximum Gasteiger partial charge on any atom is 0.231 e. The number of rotatable bonds is 3. The SMILES string of the molecule is Cc1ccc(N2C[C@@H](C(=O)Nc3nccs3)CC2=O)c(C)c1. The first-order chi connectivity index (χ1) is 10.5. The summed E-state index contributed by atoms with van der Waals surface area (Å²) in [5, 5.41) is 5.14. The van der Waals surface area contributed by atoms with Gasteiger partial charge in [-0.1, -0.05) is 17.7 Å². The third-order valence-electron chi connectivity index (χ3n) is 3.80. The molecule has 5 nitrogen and oxygen atoms in total. The molecule has 6 heteroatoms. The van der Waals surface area contributed by atoms with Gasteiger partial charge in [-0.3, -0.25) is 9.59 Å². The van der Waals surface area contributed by atoms with Crippen molar-refractivity contribution in [3.05, 3.63) is 40.9 Å². The van der Waals surface area contributed by atoms with Gasteiger partial charge in [-0.2, -0.15) is 0 Å². The van der Waals surface area contributed by atoms with Crippen molar-refractivity contribution in [2.75, 3.05) is 16.8 Å². The van der Waals surface area contributed by atoms with Gasteiger partial charge in [0, 0.05) is 30.2 Å². The summed E-state index contributed by atoms with van der Waals surface area (Å²) in [6.45, 7) is 4.42. The van der Waals surface area contributed by atoms with Crippen molar-refractivity contribution in [3.63, 3.8) is 0 Å². The summed E-state index contributed by atoms with van der Waals surface area (Å²) in [5.41, 5.74) is 3.10. The summed E-state index contributed by atoms with van der Waals surface area (Å²) < 4.78 is 0. The molecule has 1 aromatic heterocycles. The predicted molar refractivity (Wildman–Crippen MR) is 87.1 cm³/mol. The van der Waals surface area contributed by atoms with Crippen LogP contribution in [0, 0.1) is 19.8 Å². The van der Waals surface area contributed by atoms with E-state index in [1.165, 1.54) is 11.3 Å². The Kier molecular flexibility index (Phi) is 3.94. The van der Waals surface area contributed by atoms with E-state index in [2.05, 4.69) is 10.3 Å². The number of benzene rings is 1. The van der Waals surface area contributed by atoms with Crippen molar-refractivity contribution >= 4 is 34.0 Å². The lowest BCUT2D eigenvalue weighted by atomic mass is 10.1. The van der Waals surface area contributed by atoms with Crippen LogP contribution in [0.2, 0.25) is 0 Å². The van der Waals surface area contributed by atoms with Crippen LogP contribution in [0.5, 0.6) is 0 Å². The minimum atomic E-state index is -0.336. The number of aromatic nitrogens is 1. The molecule has 1 atom stereocenters. The highest BCUT2D eigenvalue weighted by atomic mass is 32.1. The number of amides is 2. The zero-order valence-corrected chi connectivity index (χ0v) is 13.3. The van der Waals surface area contributed by atoms with Crippen LogP contribution in [0.4, 0.5) is 10.8 Å². The Morgan fingerprint density at radius 3 is 2.91 bits per heavy atom. The molecular formula is C16H17N3O2S. The molecule has 0 unspecified atom stereocenters. The van der Waals surface area contributed by atoms with E-state index < -0.39 is 0 Å². The quantitative estimate of drug-likeness (QED) is 0.947. The summed E-state index contributed by atoms with van der Waals surface area (Å²) in [6.07, 6.45) is 1.88. The molecular weight excluding hydrogens is 298 g/mol. The maximum atomic E-state index is 12.3. The van der Waals surface area contributed by atoms with Crippen LogP contribution in [0.3, 0.4) is 0 Å². The highest BCUT2D eigenvalue weighted by Crippen LogP contribution is 2.29. The fraction of sp³-hybridized carbons (Fsp3) is 0.312. The molecule has 2 aromatic rings. The number of thiazole rings is 1. The van der Waals surface area contributed by atoms with Crippen LogP contribution >= 0.6 is 11.3 Å². The highest BCUT2D eigenvalue weighted by molar-refractivity contribution is 7.13. The van der Waals surface area contributed by atoms with E-state index in [0.717, 1.165) is 16.8 Å². The lowest BCUT2D eigenvalue weighted by Crippen LogP contribution is -2.28. The molecule has 1 fully saturated rings. The number of nitrogens with zero attached hydrogens (tertiary/aromatic N) is 2. The standard InChI is InChI=1S/C16H17N3O2S/c1-10-3-4-13(11(2)7-10)19-9-12(8-14(19)20)15(21)18-16-17-5-6-22-16/h3-7,12H,8-9H2,1-2H3,(H,17,18,21)/t12-/m0/s1. The van der Waals surface area contributed by atoms with Crippen LogP contribution in [0.25, 0.3) is 0 Å². The third kappa shape index (κ3) is 2.87. The number of hydrogen-bond donors (Lipinski definition) is 1. The maximum absolute atomic E-state index is 12.3. The first-order valence-corrected chi connectivity index (χ1v) is 8.00. The molecule has 114 valence electrons. The second-order valence-electron chi connectivity index (χ2n) is 5.52. The van der Waals surface area contributed by atoms with Crippen molar-refractivity contribution in [1.82, 2.24) is 4.98 Å². The molecule has 1 aliphatic heterocycles. The molecule has 2 amide bonds. The number of carbonyl (C=O) groups is 2. The topological polar surface area (TPSA) is 62.3 Å². The Balaban J connectivity index is 1.74. The monoisotopic (exact) mass is 315 g/mol. The minimum Gasteiger partial charge on any atom is -0.311 e. The third-order valence-corrected chi connectivity index (χ3v) is 4.49. The van der Waals surface area contributed by atoms with Crippen LogP contribution in [-0.4, -0.2) is 23.3 Å². The number of hydrogen-bond acceptors (Lipinski definition) is 4. The Labute approximate surface area is 133 Å². The van der Waals surface area contributed by atoms with Crippen molar-refractivity contribution < 1.29 is 9.59 Å². The second kappa shape index (κ2) is 5.88. The van der Waals surface area contributed by atoms with Gasteiger partial charge < -0.3 is 10.2 Å². The smallest absolute Gasteiger partial charge is 0.231 e. The van der Waals surface area contributed by atoms with Gasteiger partial charge in [0.2, 0.25) is 11.8 Å². The van der Waals surface area contributed by atoms with E-state index in [4.69, 9.17) is 0 Å². The van der Waals surface area contributed by atoms with Crippen LogP contribution in [0.15, 0.2) is 29.8 Å². The average molecular weight is 315 g/mol. The molecule has 1 aromatic carbocycles. The lowest BCUT2D eigenvalue weighted by Gasteiger charge is -2.19. The highest BCUT2D eigenvalue weighted by Gasteiger charge is 2.35. The Bertz CT molecular complexity index is 712. The summed E-state index contributed by atoms with van der Waals surface area (Å²) >= 11 is 1.37. The number of aryl methyl sites for hydroxylation is 2. The van der Waals surface area contributed by atoms with Crippen molar-refractivity contribution in [2.45, 2.75) is 20.3 Å². The van der Waals surface area contributed by atoms with E-state index in [-0.39, 0.29) is 24.2 Å². The van der Waals surface area contributed by atoms with E-state index in [1.807, 2.05) is 32.0 Å². The molecule has 0 saturated carbocycles. The van der Waals surface area contributed by atoms with Gasteiger partial charge in [-0.05, 0) is 25.5 Å². The fourth-order valence-corrected chi connectivity index (χ4v) is 3.25. The molecule has 1 aliphatic rings. The van der Waals surface area contributed by atoms with Gasteiger partial charge in [0.1, 0.15) is 0 Å². The Morgan fingerprint density at radius 1 is 1.41 bits per heavy atom. The number of anilines is 2. The molecule has 0 spiro atoms. The first kappa shape index (κ1) is 14.7. The summed E-state index contributed by atoms with van der Waals surface area (Å²) in [7, 11) is 0. The second-order valence-corrected chi connectivity index (χ2v) is 6.42. The normalized spacial score (nSPS) is 17.8. The minimum absolute atomic E-state index is 0.00811. The van der Waals surface area contributed by atoms with Gasteiger partial charge in [0.05, 0.1) is 5.92 Å². The molecule has 2 heterocycles. The van der Waals surface area contributed by atoms with Gasteiger partial charge >= 0.3 is 0 Å². The Hall–Kier alpha value is -2.21. The summed E-state index contributed by atoms with van der Waals surface area (Å²) in [6, 6.07) is 5.98. The summed E-state index contributed by atoms with van der Waals surface area (Å²) in [4.78, 5) is 30.3. The summed E-state index contributed by atoms with van der Waals surface area (Å²) in [5.74, 6) is -0.487. The largest absolute Gasteiger partial charge is 0.311 e. The first-order valence-electron chi connectivity index (χ1n) is 7.12. The van der Waals surface area contributed by atoms with E-state index >= 15 is 0 Å². The zero-order valence-electron chi connectivity index (χ0n) is 12.5. The van der Waals surface area contributed by atoms with E-state index in [0.29, 0.717) is 11.7 Å². The van der Waals surface area contributed by atoms with Gasteiger partial charge in [0.25, 0.3) is 0 Å². The molecule has 22 heavy (non-hydrogen) atoms. The van der Waals surface area contributed by atoms with Crippen molar-refractivity contribution in [3.8, 4) is 0 Å². The molecule has 0 bridgehead atoms. The van der Waals surface area contributed by atoms with Crippen LogP contribution in [-0.2, 0) is 9.59 Å². The van der Waals surface area contributed by atoms with Crippen molar-refractivity contribution in [2.24, 2.45) is 5.92 Å². The van der Waals surface area contributed by atoms with Crippen LogP contribution in [0.1, 0.15) is 17.5 Å². The molecule has 0 aliphatic carbocycles. The average Bonchev–Trinajstić information content (AvgIpc) is 3.09. The van der Waals surface area contributed by atoms with E-state index in [1.54, 1.807) is 16.5 Å². The molecule has 1 saturated heterocycles. The molecule has 1 N–H and O–H groups in total. The fourth-order valence-electron chi connectivity index (χ4n) is 2.72. The predicted octanol–water partition coefficient (Wildman–Crippen LogP) is 2.75. The molecule has 3 rings (SSSR count). The Morgan fingerprint density at radius 2 is 2.23 bits per heavy atom. The van der Waals surface area contributed by atoms with Crippen LogP contribution < -0.4 is 10.2 Å².